The van der Waals surface area contributed by atoms with Crippen molar-refractivity contribution in [2.75, 3.05) is 6.61 Å². The Morgan fingerprint density at radius 2 is 2.36 bits per heavy atom. The number of carboxylic acid groups (broad SMARTS) is 1. The first-order valence-electron chi connectivity index (χ1n) is 3.33. The Morgan fingerprint density at radius 1 is 1.73 bits per heavy atom. The largest absolute Gasteiger partial charge is 0.478 e. The number of carbonyl (C=O) groups is 1. The van der Waals surface area contributed by atoms with Gasteiger partial charge in [0.05, 0.1) is 12.3 Å². The van der Waals surface area contributed by atoms with Crippen molar-refractivity contribution < 1.29 is 19.4 Å². The van der Waals surface area contributed by atoms with Gasteiger partial charge < -0.3 is 14.6 Å². The molecule has 64 valence electrons. The predicted octanol–water partition coefficient (Wildman–Crippen LogP) is 0.984. The Balaban J connectivity index is 3.44. The summed E-state index contributed by atoms with van der Waals surface area (Å²) in [6.07, 6.45) is 1.62. The van der Waals surface area contributed by atoms with Crippen molar-refractivity contribution in [1.29, 1.82) is 0 Å². The first kappa shape index (κ1) is 9.97. The second kappa shape index (κ2) is 5.73. The maximum atomic E-state index is 9.93. The van der Waals surface area contributed by atoms with Crippen molar-refractivity contribution in [2.45, 2.75) is 20.1 Å². The lowest BCUT2D eigenvalue weighted by atomic mass is 10.6. The van der Waals surface area contributed by atoms with E-state index in [0.29, 0.717) is 6.61 Å². The summed E-state index contributed by atoms with van der Waals surface area (Å²) in [6.45, 7) is 4.07. The first-order valence-corrected chi connectivity index (χ1v) is 3.33. The number of ether oxygens (including phenoxy) is 2. The number of carboxylic acids is 1. The minimum atomic E-state index is -1.03. The lowest BCUT2D eigenvalue weighted by molar-refractivity contribution is -0.131. The minimum Gasteiger partial charge on any atom is -0.478 e. The van der Waals surface area contributed by atoms with E-state index in [1.165, 1.54) is 0 Å². The summed E-state index contributed by atoms with van der Waals surface area (Å²) in [5, 5.41) is 8.15. The van der Waals surface area contributed by atoms with Gasteiger partial charge >= 0.3 is 5.97 Å². The number of hydrogen-bond acceptors (Lipinski definition) is 3. The van der Waals surface area contributed by atoms with Gasteiger partial charge in [0.1, 0.15) is 0 Å². The summed E-state index contributed by atoms with van der Waals surface area (Å²) in [7, 11) is 0. The molecule has 0 aromatic heterocycles. The molecule has 4 heteroatoms. The Bertz CT molecular complexity index is 141. The predicted molar refractivity (Wildman–Crippen MR) is 38.9 cm³/mol. The van der Waals surface area contributed by atoms with Gasteiger partial charge in [-0.15, -0.1) is 0 Å². The molecule has 1 N–H and O–H groups in total. The van der Waals surface area contributed by atoms with Crippen molar-refractivity contribution in [3.05, 3.63) is 12.3 Å². The van der Waals surface area contributed by atoms with Gasteiger partial charge in [0.2, 0.25) is 0 Å². The van der Waals surface area contributed by atoms with Crippen LogP contribution in [0, 0.1) is 0 Å². The van der Waals surface area contributed by atoms with Crippen LogP contribution in [0.4, 0.5) is 0 Å². The van der Waals surface area contributed by atoms with E-state index < -0.39 is 12.3 Å². The molecule has 0 saturated carbocycles. The fraction of sp³-hybridized carbons (Fsp3) is 0.571. The van der Waals surface area contributed by atoms with E-state index in [1.54, 1.807) is 6.92 Å². The molecule has 0 aromatic rings. The van der Waals surface area contributed by atoms with Gasteiger partial charge in [-0.25, -0.2) is 4.79 Å². The second-order valence-corrected chi connectivity index (χ2v) is 1.80. The molecule has 0 heterocycles. The number of rotatable bonds is 5. The van der Waals surface area contributed by atoms with Gasteiger partial charge in [-0.2, -0.15) is 0 Å². The summed E-state index contributed by atoms with van der Waals surface area (Å²) in [5.41, 5.74) is 0. The third-order valence-corrected chi connectivity index (χ3v) is 0.882. The van der Waals surface area contributed by atoms with Gasteiger partial charge in [0.15, 0.2) is 6.29 Å². The molecule has 0 aromatic carbocycles. The molecule has 0 radical (unpaired) electrons. The third kappa shape index (κ3) is 6.86. The molecule has 0 rings (SSSR count). The summed E-state index contributed by atoms with van der Waals surface area (Å²) in [6, 6.07) is 0. The van der Waals surface area contributed by atoms with Crippen molar-refractivity contribution in [3.63, 3.8) is 0 Å². The summed E-state index contributed by atoms with van der Waals surface area (Å²) < 4.78 is 9.77. The third-order valence-electron chi connectivity index (χ3n) is 0.882. The lowest BCUT2D eigenvalue weighted by Crippen LogP contribution is -2.09. The molecule has 0 spiro atoms. The van der Waals surface area contributed by atoms with E-state index >= 15 is 0 Å². The van der Waals surface area contributed by atoms with Crippen LogP contribution < -0.4 is 0 Å². The standard InChI is InChI=1S/C7H12O4/c1-3-10-6(2)11-5-4-7(8)9/h4-6H,3H2,1-2H3,(H,8,9). The van der Waals surface area contributed by atoms with Crippen molar-refractivity contribution in [1.82, 2.24) is 0 Å². The monoisotopic (exact) mass is 160 g/mol. The maximum Gasteiger partial charge on any atom is 0.331 e. The molecule has 11 heavy (non-hydrogen) atoms. The Morgan fingerprint density at radius 3 is 2.82 bits per heavy atom. The van der Waals surface area contributed by atoms with E-state index in [9.17, 15) is 4.79 Å². The average Bonchev–Trinajstić information content (AvgIpc) is 1.87. The first-order chi connectivity index (χ1) is 5.16. The van der Waals surface area contributed by atoms with Crippen LogP contribution in [0.1, 0.15) is 13.8 Å². The van der Waals surface area contributed by atoms with Gasteiger partial charge in [0.25, 0.3) is 0 Å². The van der Waals surface area contributed by atoms with Gasteiger partial charge in [0, 0.05) is 6.61 Å². The van der Waals surface area contributed by atoms with Gasteiger partial charge in [-0.3, -0.25) is 0 Å². The number of aliphatic carboxylic acids is 1. The van der Waals surface area contributed by atoms with Crippen LogP contribution in [0.5, 0.6) is 0 Å². The molecule has 0 aliphatic rings. The summed E-state index contributed by atoms with van der Waals surface area (Å²) >= 11 is 0. The van der Waals surface area contributed by atoms with E-state index in [4.69, 9.17) is 14.6 Å². The maximum absolute atomic E-state index is 9.93. The zero-order chi connectivity index (χ0) is 8.69. The fourth-order valence-electron chi connectivity index (χ4n) is 0.482. The zero-order valence-electron chi connectivity index (χ0n) is 6.61. The van der Waals surface area contributed by atoms with Gasteiger partial charge in [-0.05, 0) is 13.8 Å². The number of hydrogen-bond donors (Lipinski definition) is 1. The zero-order valence-corrected chi connectivity index (χ0v) is 6.61. The van der Waals surface area contributed by atoms with E-state index in [-0.39, 0.29) is 0 Å². The highest BCUT2D eigenvalue weighted by Gasteiger charge is 1.96. The van der Waals surface area contributed by atoms with E-state index in [2.05, 4.69) is 0 Å². The van der Waals surface area contributed by atoms with Gasteiger partial charge in [-0.1, -0.05) is 0 Å². The highest BCUT2D eigenvalue weighted by atomic mass is 16.7. The SMILES string of the molecule is CCOC(C)OC=CC(=O)O. The molecule has 0 bridgehead atoms. The molecule has 1 atom stereocenters. The van der Waals surface area contributed by atoms with Crippen LogP contribution in [0.2, 0.25) is 0 Å². The minimum absolute atomic E-state index is 0.393. The molecular weight excluding hydrogens is 148 g/mol. The van der Waals surface area contributed by atoms with E-state index in [0.717, 1.165) is 12.3 Å². The molecule has 0 aliphatic carbocycles. The normalized spacial score (nSPS) is 13.3. The van der Waals surface area contributed by atoms with Crippen molar-refractivity contribution >= 4 is 5.97 Å². The highest BCUT2D eigenvalue weighted by molar-refractivity contribution is 5.79. The summed E-state index contributed by atoms with van der Waals surface area (Å²) in [4.78, 5) is 9.93. The molecule has 0 saturated heterocycles. The van der Waals surface area contributed by atoms with Crippen LogP contribution in [-0.2, 0) is 14.3 Å². The smallest absolute Gasteiger partial charge is 0.331 e. The molecule has 0 amide bonds. The Hall–Kier alpha value is -1.03. The highest BCUT2D eigenvalue weighted by Crippen LogP contribution is 1.92. The summed E-state index contributed by atoms with van der Waals surface area (Å²) in [5.74, 6) is -1.03. The molecule has 0 fully saturated rings. The average molecular weight is 160 g/mol. The van der Waals surface area contributed by atoms with Crippen LogP contribution in [0.3, 0.4) is 0 Å². The van der Waals surface area contributed by atoms with Crippen LogP contribution in [0.15, 0.2) is 12.3 Å². The Labute approximate surface area is 65.4 Å². The topological polar surface area (TPSA) is 55.8 Å². The fourth-order valence-corrected chi connectivity index (χ4v) is 0.482. The quantitative estimate of drug-likeness (QED) is 0.370. The molecule has 0 aliphatic heterocycles. The molecule has 1 unspecified atom stereocenters. The van der Waals surface area contributed by atoms with Crippen LogP contribution in [0.25, 0.3) is 0 Å². The van der Waals surface area contributed by atoms with E-state index in [1.807, 2.05) is 6.92 Å². The molecular formula is C7H12O4. The lowest BCUT2D eigenvalue weighted by Gasteiger charge is -2.09. The van der Waals surface area contributed by atoms with Crippen molar-refractivity contribution in [2.24, 2.45) is 0 Å². The van der Waals surface area contributed by atoms with Crippen molar-refractivity contribution in [3.8, 4) is 0 Å². The van der Waals surface area contributed by atoms with Crippen LogP contribution in [-0.4, -0.2) is 24.0 Å². The Kier molecular flexibility index (Phi) is 5.20. The van der Waals surface area contributed by atoms with Crippen LogP contribution >= 0.6 is 0 Å². The second-order valence-electron chi connectivity index (χ2n) is 1.80. The molecule has 4 nitrogen and oxygen atoms in total.